The highest BCUT2D eigenvalue weighted by Gasteiger charge is 2.31. The van der Waals surface area contributed by atoms with E-state index in [0.717, 1.165) is 5.56 Å². The second-order valence-electron chi connectivity index (χ2n) is 8.06. The molecule has 0 aliphatic carbocycles. The number of benzene rings is 2. The molecule has 2 aromatic rings. The summed E-state index contributed by atoms with van der Waals surface area (Å²) in [6.07, 6.45) is 3.86. The van der Waals surface area contributed by atoms with Crippen LogP contribution in [0.3, 0.4) is 0 Å². The van der Waals surface area contributed by atoms with Crippen molar-refractivity contribution >= 4 is 57.8 Å². The van der Waals surface area contributed by atoms with E-state index in [2.05, 4.69) is 10.9 Å². The third-order valence-electron chi connectivity index (χ3n) is 5.51. The number of hydrogen-bond donors (Lipinski definition) is 2. The SMILES string of the molecule is O=C(CCCCCN1C(=O)C(=Cc2ccc3c(c2)OCO3)SC1=S)NNC(=O)c1ccc([N+](=O)[O-])cc1. The number of nitro benzene ring substituents is 1. The summed E-state index contributed by atoms with van der Waals surface area (Å²) in [5.41, 5.74) is 5.47. The molecule has 0 atom stereocenters. The number of nitrogens with one attached hydrogen (secondary N) is 2. The van der Waals surface area contributed by atoms with Crippen molar-refractivity contribution in [2.24, 2.45) is 0 Å². The maximum Gasteiger partial charge on any atom is 0.269 e. The highest BCUT2D eigenvalue weighted by Crippen LogP contribution is 2.36. The number of amides is 3. The quantitative estimate of drug-likeness (QED) is 0.160. The lowest BCUT2D eigenvalue weighted by Crippen LogP contribution is -2.41. The molecule has 0 aromatic heterocycles. The second-order valence-corrected chi connectivity index (χ2v) is 9.74. The average molecular weight is 543 g/mol. The van der Waals surface area contributed by atoms with Gasteiger partial charge in [0, 0.05) is 30.7 Å². The van der Waals surface area contributed by atoms with Crippen LogP contribution >= 0.6 is 24.0 Å². The molecule has 0 spiro atoms. The lowest BCUT2D eigenvalue weighted by molar-refractivity contribution is -0.384. The maximum atomic E-state index is 12.8. The number of fused-ring (bicyclic) bond motifs is 1. The molecule has 37 heavy (non-hydrogen) atoms. The highest BCUT2D eigenvalue weighted by molar-refractivity contribution is 8.26. The van der Waals surface area contributed by atoms with Gasteiger partial charge in [-0.2, -0.15) is 0 Å². The molecular formula is C24H22N4O7S2. The fourth-order valence-electron chi connectivity index (χ4n) is 3.57. The normalized spacial score (nSPS) is 15.2. The number of hydrazine groups is 1. The first-order valence-electron chi connectivity index (χ1n) is 11.3. The molecule has 0 radical (unpaired) electrons. The number of non-ortho nitro benzene ring substituents is 1. The summed E-state index contributed by atoms with van der Waals surface area (Å²) in [6.45, 7) is 0.626. The molecule has 11 nitrogen and oxygen atoms in total. The standard InChI is InChI=1S/C24H22N4O7S2/c29-21(25-26-22(30)16-6-8-17(9-7-16)28(32)33)4-2-1-3-11-27-23(31)20(37-24(27)36)13-15-5-10-18-19(12-15)35-14-34-18/h5-10,12-13H,1-4,11,14H2,(H,25,29)(H,26,30). The summed E-state index contributed by atoms with van der Waals surface area (Å²) in [7, 11) is 0. The Morgan fingerprint density at radius 1 is 1.08 bits per heavy atom. The number of rotatable bonds is 9. The van der Waals surface area contributed by atoms with Crippen LogP contribution in [-0.4, -0.2) is 45.2 Å². The molecule has 2 aliphatic heterocycles. The first kappa shape index (κ1) is 26.1. The highest BCUT2D eigenvalue weighted by atomic mass is 32.2. The van der Waals surface area contributed by atoms with Crippen molar-refractivity contribution in [2.75, 3.05) is 13.3 Å². The van der Waals surface area contributed by atoms with Gasteiger partial charge in [-0.3, -0.25) is 40.2 Å². The monoisotopic (exact) mass is 542 g/mol. The second kappa shape index (κ2) is 11.8. The van der Waals surface area contributed by atoms with Crippen molar-refractivity contribution < 1.29 is 28.8 Å². The zero-order chi connectivity index (χ0) is 26.4. The molecule has 3 amide bonds. The van der Waals surface area contributed by atoms with Gasteiger partial charge in [-0.05, 0) is 48.7 Å². The summed E-state index contributed by atoms with van der Waals surface area (Å²) in [6, 6.07) is 10.5. The number of carbonyl (C=O) groups excluding carboxylic acids is 3. The van der Waals surface area contributed by atoms with Crippen molar-refractivity contribution in [3.8, 4) is 11.5 Å². The van der Waals surface area contributed by atoms with Crippen LogP contribution in [0.25, 0.3) is 6.08 Å². The van der Waals surface area contributed by atoms with Gasteiger partial charge in [-0.25, -0.2) is 0 Å². The number of carbonyl (C=O) groups is 3. The van der Waals surface area contributed by atoms with Crippen LogP contribution in [0, 0.1) is 10.1 Å². The summed E-state index contributed by atoms with van der Waals surface area (Å²) >= 11 is 6.62. The Labute approximate surface area is 221 Å². The molecule has 2 heterocycles. The Kier molecular flexibility index (Phi) is 8.36. The Morgan fingerprint density at radius 3 is 2.59 bits per heavy atom. The van der Waals surface area contributed by atoms with Gasteiger partial charge in [-0.1, -0.05) is 36.5 Å². The molecule has 2 aromatic carbocycles. The van der Waals surface area contributed by atoms with Gasteiger partial charge in [0.1, 0.15) is 4.32 Å². The van der Waals surface area contributed by atoms with Crippen molar-refractivity contribution in [3.05, 3.63) is 68.6 Å². The first-order chi connectivity index (χ1) is 17.8. The van der Waals surface area contributed by atoms with Crippen LogP contribution in [-0.2, 0) is 9.59 Å². The number of thiocarbonyl (C=S) groups is 1. The molecular weight excluding hydrogens is 520 g/mol. The maximum absolute atomic E-state index is 12.8. The van der Waals surface area contributed by atoms with Crippen molar-refractivity contribution in [1.82, 2.24) is 15.8 Å². The van der Waals surface area contributed by atoms with Gasteiger partial charge in [0.2, 0.25) is 12.7 Å². The van der Waals surface area contributed by atoms with Crippen LogP contribution in [0.1, 0.15) is 41.6 Å². The van der Waals surface area contributed by atoms with E-state index in [1.165, 1.54) is 36.0 Å². The topological polar surface area (TPSA) is 140 Å². The van der Waals surface area contributed by atoms with E-state index in [1.807, 2.05) is 12.1 Å². The summed E-state index contributed by atoms with van der Waals surface area (Å²) in [5, 5.41) is 10.7. The van der Waals surface area contributed by atoms with Crippen LogP contribution in [0.2, 0.25) is 0 Å². The lowest BCUT2D eigenvalue weighted by Gasteiger charge is -2.14. The number of nitrogens with zero attached hydrogens (tertiary/aromatic N) is 2. The van der Waals surface area contributed by atoms with Gasteiger partial charge in [0.25, 0.3) is 17.5 Å². The minimum absolute atomic E-state index is 0.132. The van der Waals surface area contributed by atoms with Gasteiger partial charge in [0.05, 0.1) is 9.83 Å². The zero-order valence-corrected chi connectivity index (χ0v) is 21.1. The van der Waals surface area contributed by atoms with Gasteiger partial charge >= 0.3 is 0 Å². The number of unbranched alkanes of at least 4 members (excludes halogenated alkanes) is 2. The van der Waals surface area contributed by atoms with Crippen molar-refractivity contribution in [2.45, 2.75) is 25.7 Å². The van der Waals surface area contributed by atoms with E-state index in [1.54, 1.807) is 17.0 Å². The molecule has 2 N–H and O–H groups in total. The van der Waals surface area contributed by atoms with Crippen LogP contribution in [0.15, 0.2) is 47.4 Å². The predicted octanol–water partition coefficient (Wildman–Crippen LogP) is 3.55. The molecule has 0 bridgehead atoms. The van der Waals surface area contributed by atoms with Crippen LogP contribution in [0.4, 0.5) is 5.69 Å². The van der Waals surface area contributed by atoms with E-state index in [-0.39, 0.29) is 36.3 Å². The van der Waals surface area contributed by atoms with Crippen molar-refractivity contribution in [1.29, 1.82) is 0 Å². The molecule has 0 unspecified atom stereocenters. The third kappa shape index (κ3) is 6.62. The van der Waals surface area contributed by atoms with E-state index in [0.29, 0.717) is 46.5 Å². The van der Waals surface area contributed by atoms with E-state index < -0.39 is 10.8 Å². The minimum atomic E-state index is -0.577. The predicted molar refractivity (Wildman–Crippen MR) is 140 cm³/mol. The van der Waals surface area contributed by atoms with Crippen LogP contribution in [0.5, 0.6) is 11.5 Å². The first-order valence-corrected chi connectivity index (χ1v) is 12.5. The average Bonchev–Trinajstić information content (AvgIpc) is 3.46. The Morgan fingerprint density at radius 2 is 1.84 bits per heavy atom. The molecule has 192 valence electrons. The number of hydrogen-bond acceptors (Lipinski definition) is 9. The van der Waals surface area contributed by atoms with E-state index in [4.69, 9.17) is 21.7 Å². The third-order valence-corrected chi connectivity index (χ3v) is 6.89. The molecule has 2 aliphatic rings. The van der Waals surface area contributed by atoms with Crippen LogP contribution < -0.4 is 20.3 Å². The van der Waals surface area contributed by atoms with E-state index in [9.17, 15) is 24.5 Å². The van der Waals surface area contributed by atoms with E-state index >= 15 is 0 Å². The minimum Gasteiger partial charge on any atom is -0.454 e. The summed E-state index contributed by atoms with van der Waals surface area (Å²) in [4.78, 5) is 49.1. The van der Waals surface area contributed by atoms with Gasteiger partial charge in [0.15, 0.2) is 11.5 Å². The number of nitro groups is 1. The Bertz CT molecular complexity index is 1280. The zero-order valence-electron chi connectivity index (χ0n) is 19.4. The lowest BCUT2D eigenvalue weighted by atomic mass is 10.1. The largest absolute Gasteiger partial charge is 0.454 e. The fraction of sp³-hybridized carbons (Fsp3) is 0.250. The number of ether oxygens (including phenoxy) is 2. The fourth-order valence-corrected chi connectivity index (χ4v) is 4.88. The molecule has 13 heteroatoms. The molecule has 1 saturated heterocycles. The summed E-state index contributed by atoms with van der Waals surface area (Å²) in [5.74, 6) is 0.211. The van der Waals surface area contributed by atoms with Crippen molar-refractivity contribution in [3.63, 3.8) is 0 Å². The molecule has 1 fully saturated rings. The van der Waals surface area contributed by atoms with Gasteiger partial charge in [-0.15, -0.1) is 0 Å². The Balaban J connectivity index is 1.16. The smallest absolute Gasteiger partial charge is 0.269 e. The Hall–Kier alpha value is -3.97. The van der Waals surface area contributed by atoms with Gasteiger partial charge < -0.3 is 9.47 Å². The molecule has 0 saturated carbocycles. The number of thioether (sulfide) groups is 1. The molecule has 4 rings (SSSR count). The summed E-state index contributed by atoms with van der Waals surface area (Å²) < 4.78 is 11.2.